The van der Waals surface area contributed by atoms with Crippen molar-refractivity contribution in [1.29, 1.82) is 0 Å². The predicted molar refractivity (Wildman–Crippen MR) is 90.0 cm³/mol. The molecule has 1 aromatic carbocycles. The second-order valence-electron chi connectivity index (χ2n) is 6.51. The van der Waals surface area contributed by atoms with E-state index in [0.29, 0.717) is 5.69 Å². The smallest absolute Gasteiger partial charge is 0.410 e. The molecule has 1 heterocycles. The maximum Gasteiger partial charge on any atom is 0.410 e. The third-order valence-corrected chi connectivity index (χ3v) is 3.20. The Balaban J connectivity index is 2.21. The van der Waals surface area contributed by atoms with Crippen LogP contribution in [0.1, 0.15) is 26.5 Å². The van der Waals surface area contributed by atoms with Crippen molar-refractivity contribution in [2.75, 3.05) is 19.9 Å². The Bertz CT molecular complexity index is 770. The molecule has 2 N–H and O–H groups in total. The van der Waals surface area contributed by atoms with Crippen LogP contribution >= 0.6 is 0 Å². The lowest BCUT2D eigenvalue weighted by molar-refractivity contribution is 0.0283. The second-order valence-corrected chi connectivity index (χ2v) is 6.51. The van der Waals surface area contributed by atoms with E-state index in [-0.39, 0.29) is 23.7 Å². The van der Waals surface area contributed by atoms with Gasteiger partial charge in [0.2, 0.25) is 0 Å². The third kappa shape index (κ3) is 4.37. The molecule has 1 aromatic heterocycles. The van der Waals surface area contributed by atoms with Crippen molar-refractivity contribution in [1.82, 2.24) is 19.9 Å². The normalized spacial score (nSPS) is 11.3. The summed E-state index contributed by atoms with van der Waals surface area (Å²) in [5, 5.41) is 7.85. The van der Waals surface area contributed by atoms with Gasteiger partial charge in [0.15, 0.2) is 5.82 Å². The first-order valence-corrected chi connectivity index (χ1v) is 7.60. The van der Waals surface area contributed by atoms with Gasteiger partial charge in [-0.1, -0.05) is 5.21 Å². The van der Waals surface area contributed by atoms with Crippen LogP contribution in [-0.4, -0.2) is 45.7 Å². The lowest BCUT2D eigenvalue weighted by Crippen LogP contribution is -2.33. The van der Waals surface area contributed by atoms with E-state index in [1.165, 1.54) is 29.0 Å². The molecule has 25 heavy (non-hydrogen) atoms. The fourth-order valence-corrected chi connectivity index (χ4v) is 2.07. The molecule has 1 amide bonds. The Morgan fingerprint density at radius 2 is 2.08 bits per heavy atom. The molecule has 9 heteroatoms. The van der Waals surface area contributed by atoms with Gasteiger partial charge < -0.3 is 20.1 Å². The number of hydrogen-bond acceptors (Lipinski definition) is 6. The number of hydrogen-bond donors (Lipinski definition) is 1. The molecule has 0 unspecified atom stereocenters. The number of ether oxygens (including phenoxy) is 2. The van der Waals surface area contributed by atoms with Crippen LogP contribution in [0.3, 0.4) is 0 Å². The minimum atomic E-state index is -0.656. The maximum atomic E-state index is 14.3. The fourth-order valence-electron chi connectivity index (χ4n) is 2.07. The van der Waals surface area contributed by atoms with Crippen LogP contribution in [0.15, 0.2) is 18.3 Å². The van der Waals surface area contributed by atoms with Gasteiger partial charge in [-0.2, -0.15) is 0 Å². The van der Waals surface area contributed by atoms with E-state index in [1.54, 1.807) is 33.9 Å². The summed E-state index contributed by atoms with van der Waals surface area (Å²) in [4.78, 5) is 13.3. The highest BCUT2D eigenvalue weighted by Crippen LogP contribution is 2.29. The number of aromatic nitrogens is 3. The molecule has 0 aliphatic heterocycles. The van der Waals surface area contributed by atoms with Crippen molar-refractivity contribution in [3.8, 4) is 11.4 Å². The number of methoxy groups -OCH3 is 1. The number of benzene rings is 1. The molecule has 0 saturated carbocycles. The Morgan fingerprint density at radius 1 is 1.40 bits per heavy atom. The number of carbonyl (C=O) groups is 1. The van der Waals surface area contributed by atoms with Crippen LogP contribution in [0.4, 0.5) is 14.9 Å². The molecule has 0 atom stereocenters. The van der Waals surface area contributed by atoms with Gasteiger partial charge in [-0.3, -0.25) is 0 Å². The van der Waals surface area contributed by atoms with E-state index in [1.807, 2.05) is 0 Å². The molecule has 8 nitrogen and oxygen atoms in total. The van der Waals surface area contributed by atoms with Crippen LogP contribution in [0.25, 0.3) is 5.69 Å². The highest BCUT2D eigenvalue weighted by atomic mass is 19.1. The number of nitrogen functional groups attached to an aromatic ring is 1. The van der Waals surface area contributed by atoms with Gasteiger partial charge in [-0.05, 0) is 32.9 Å². The zero-order valence-electron chi connectivity index (χ0n) is 14.9. The van der Waals surface area contributed by atoms with Crippen molar-refractivity contribution < 1.29 is 18.7 Å². The summed E-state index contributed by atoms with van der Waals surface area (Å²) in [6.07, 6.45) is 1.01. The molecular weight excluding hydrogens is 329 g/mol. The first kappa shape index (κ1) is 18.5. The number of anilines is 1. The summed E-state index contributed by atoms with van der Waals surface area (Å²) in [7, 11) is 3.00. The fraction of sp³-hybridized carbons (Fsp3) is 0.438. The number of rotatable bonds is 4. The first-order valence-electron chi connectivity index (χ1n) is 7.60. The predicted octanol–water partition coefficient (Wildman–Crippen LogP) is 2.36. The SMILES string of the molecule is COc1ccc(N)c(F)c1-n1cc(CN(C)C(=O)OC(C)(C)C)nn1. The Morgan fingerprint density at radius 3 is 2.68 bits per heavy atom. The minimum Gasteiger partial charge on any atom is -0.494 e. The average Bonchev–Trinajstić information content (AvgIpc) is 2.96. The first-order chi connectivity index (χ1) is 11.6. The van der Waals surface area contributed by atoms with Gasteiger partial charge in [0.05, 0.1) is 25.5 Å². The average molecular weight is 351 g/mol. The number of nitrogens with two attached hydrogens (primary N) is 1. The minimum absolute atomic E-state index is 0.0290. The Labute approximate surface area is 145 Å². The molecule has 2 rings (SSSR count). The van der Waals surface area contributed by atoms with Gasteiger partial charge in [0.25, 0.3) is 0 Å². The molecule has 0 spiro atoms. The zero-order chi connectivity index (χ0) is 18.8. The van der Waals surface area contributed by atoms with Crippen LogP contribution in [0.5, 0.6) is 5.75 Å². The quantitative estimate of drug-likeness (QED) is 0.850. The van der Waals surface area contributed by atoms with E-state index in [9.17, 15) is 9.18 Å². The molecule has 0 saturated heterocycles. The maximum absolute atomic E-state index is 14.3. The summed E-state index contributed by atoms with van der Waals surface area (Å²) in [5.41, 5.74) is 5.49. The molecule has 0 fully saturated rings. The monoisotopic (exact) mass is 351 g/mol. The third-order valence-electron chi connectivity index (χ3n) is 3.20. The number of halogens is 1. The van der Waals surface area contributed by atoms with E-state index in [2.05, 4.69) is 10.3 Å². The summed E-state index contributed by atoms with van der Waals surface area (Å²) in [5.74, 6) is -0.389. The highest BCUT2D eigenvalue weighted by Gasteiger charge is 2.21. The summed E-state index contributed by atoms with van der Waals surface area (Å²) in [6, 6.07) is 2.95. The van der Waals surface area contributed by atoms with E-state index in [0.717, 1.165) is 0 Å². The van der Waals surface area contributed by atoms with Crippen molar-refractivity contribution >= 4 is 11.8 Å². The highest BCUT2D eigenvalue weighted by molar-refractivity contribution is 5.67. The standard InChI is InChI=1S/C16H22FN5O3/c1-16(2,3)25-15(23)21(4)8-10-9-22(20-19-10)14-12(24-5)7-6-11(18)13(14)17/h6-7,9H,8,18H2,1-5H3. The van der Waals surface area contributed by atoms with Crippen LogP contribution in [-0.2, 0) is 11.3 Å². The van der Waals surface area contributed by atoms with Gasteiger partial charge in [-0.25, -0.2) is 13.9 Å². The molecule has 0 bridgehead atoms. The lowest BCUT2D eigenvalue weighted by atomic mass is 10.2. The van der Waals surface area contributed by atoms with Crippen molar-refractivity contribution in [2.24, 2.45) is 0 Å². The lowest BCUT2D eigenvalue weighted by Gasteiger charge is -2.24. The van der Waals surface area contributed by atoms with Gasteiger partial charge in [0.1, 0.15) is 22.7 Å². The zero-order valence-corrected chi connectivity index (χ0v) is 14.9. The molecule has 0 radical (unpaired) electrons. The number of amides is 1. The molecule has 2 aromatic rings. The van der Waals surface area contributed by atoms with Crippen LogP contribution in [0.2, 0.25) is 0 Å². The van der Waals surface area contributed by atoms with E-state index >= 15 is 0 Å². The van der Waals surface area contributed by atoms with Gasteiger partial charge >= 0.3 is 6.09 Å². The molecule has 0 aliphatic carbocycles. The van der Waals surface area contributed by atoms with Gasteiger partial charge in [-0.15, -0.1) is 5.10 Å². The number of nitrogens with zero attached hydrogens (tertiary/aromatic N) is 4. The molecule has 136 valence electrons. The second kappa shape index (κ2) is 6.96. The largest absolute Gasteiger partial charge is 0.494 e. The topological polar surface area (TPSA) is 95.5 Å². The van der Waals surface area contributed by atoms with Crippen molar-refractivity contribution in [3.63, 3.8) is 0 Å². The van der Waals surface area contributed by atoms with Crippen LogP contribution < -0.4 is 10.5 Å². The Kier molecular flexibility index (Phi) is 5.15. The van der Waals surface area contributed by atoms with Crippen LogP contribution in [0, 0.1) is 5.82 Å². The Hall–Kier alpha value is -2.84. The summed E-state index contributed by atoms with van der Waals surface area (Å²) < 4.78 is 26.0. The number of carbonyl (C=O) groups excluding carboxylic acids is 1. The van der Waals surface area contributed by atoms with Crippen molar-refractivity contribution in [2.45, 2.75) is 32.9 Å². The summed E-state index contributed by atoms with van der Waals surface area (Å²) in [6.45, 7) is 5.50. The molecular formula is C16H22FN5O3. The van der Waals surface area contributed by atoms with E-state index < -0.39 is 17.5 Å². The summed E-state index contributed by atoms with van der Waals surface area (Å²) >= 11 is 0. The van der Waals surface area contributed by atoms with Gasteiger partial charge in [0, 0.05) is 7.05 Å². The van der Waals surface area contributed by atoms with Crippen molar-refractivity contribution in [3.05, 3.63) is 29.8 Å². The molecule has 0 aliphatic rings. The van der Waals surface area contributed by atoms with E-state index in [4.69, 9.17) is 15.2 Å².